The molecule has 1 aromatic carbocycles. The highest BCUT2D eigenvalue weighted by atomic mass is 16.1. The topological polar surface area (TPSA) is 37.9 Å². The van der Waals surface area contributed by atoms with Crippen LogP contribution in [-0.2, 0) is 6.42 Å². The Hall–Kier alpha value is -2.28. The van der Waals surface area contributed by atoms with Gasteiger partial charge in [0.05, 0.1) is 17.4 Å². The lowest BCUT2D eigenvalue weighted by molar-refractivity contribution is 0.667. The predicted octanol–water partition coefficient (Wildman–Crippen LogP) is 1.30. The first-order valence-electron chi connectivity index (χ1n) is 6.37. The largest absolute Gasteiger partial charge is 0.285 e. The Labute approximate surface area is 111 Å². The predicted molar refractivity (Wildman–Crippen MR) is 75.7 cm³/mol. The van der Waals surface area contributed by atoms with Gasteiger partial charge in [-0.1, -0.05) is 25.0 Å². The van der Waals surface area contributed by atoms with Crippen LogP contribution >= 0.6 is 0 Å². The monoisotopic (exact) mass is 253 g/mol. The first kappa shape index (κ1) is 11.8. The van der Waals surface area contributed by atoms with E-state index in [4.69, 9.17) is 6.42 Å². The molecule has 1 aliphatic heterocycles. The molecule has 1 atom stereocenters. The lowest BCUT2D eigenvalue weighted by atomic mass is 10.2. The van der Waals surface area contributed by atoms with Crippen LogP contribution < -0.4 is 10.6 Å². The number of para-hydroxylation sites is 1. The summed E-state index contributed by atoms with van der Waals surface area (Å²) in [5.41, 5.74) is 0.337. The van der Waals surface area contributed by atoms with Gasteiger partial charge in [0.15, 0.2) is 0 Å². The molecule has 0 spiro atoms. The van der Waals surface area contributed by atoms with Gasteiger partial charge in [0.1, 0.15) is 11.4 Å². The fourth-order valence-electron chi connectivity index (χ4n) is 2.32. The molecule has 2 aromatic rings. The molecule has 4 heteroatoms. The Morgan fingerprint density at radius 3 is 2.84 bits per heavy atom. The van der Waals surface area contributed by atoms with Gasteiger partial charge < -0.3 is 0 Å². The number of aryl methyl sites for hydroxylation is 1. The number of terminal acetylenes is 1. The fourth-order valence-corrected chi connectivity index (χ4v) is 2.32. The summed E-state index contributed by atoms with van der Waals surface area (Å²) in [6.45, 7) is 4.63. The molecule has 96 valence electrons. The smallest absolute Gasteiger partial charge is 0.280 e. The van der Waals surface area contributed by atoms with E-state index in [0.29, 0.717) is 18.4 Å². The van der Waals surface area contributed by atoms with Gasteiger partial charge in [0.25, 0.3) is 5.56 Å². The van der Waals surface area contributed by atoms with Crippen molar-refractivity contribution in [3.8, 4) is 12.3 Å². The summed E-state index contributed by atoms with van der Waals surface area (Å²) in [4.78, 5) is 17.2. The highest BCUT2D eigenvalue weighted by molar-refractivity contribution is 5.77. The van der Waals surface area contributed by atoms with Crippen molar-refractivity contribution in [1.29, 1.82) is 0 Å². The normalized spacial score (nSPS) is 21.4. The molecule has 1 aromatic heterocycles. The zero-order chi connectivity index (χ0) is 13.6. The highest BCUT2D eigenvalue weighted by Gasteiger charge is 2.48. The van der Waals surface area contributed by atoms with Gasteiger partial charge in [-0.2, -0.15) is 0 Å². The van der Waals surface area contributed by atoms with Crippen LogP contribution in [0.3, 0.4) is 0 Å². The third kappa shape index (κ3) is 1.62. The van der Waals surface area contributed by atoms with E-state index in [0.717, 1.165) is 11.3 Å². The average molecular weight is 253 g/mol. The number of benzene rings is 1. The van der Waals surface area contributed by atoms with Gasteiger partial charge in [-0.15, -0.1) is 6.42 Å². The van der Waals surface area contributed by atoms with Crippen molar-refractivity contribution < 1.29 is 0 Å². The van der Waals surface area contributed by atoms with E-state index in [2.05, 4.69) is 10.9 Å². The Kier molecular flexibility index (Phi) is 2.39. The molecule has 0 N–H and O–H groups in total. The lowest BCUT2D eigenvalue weighted by Gasteiger charge is -2.16. The lowest BCUT2D eigenvalue weighted by Crippen LogP contribution is -2.36. The quantitative estimate of drug-likeness (QED) is 0.598. The Bertz CT molecular complexity index is 756. The van der Waals surface area contributed by atoms with Crippen LogP contribution in [0.25, 0.3) is 10.9 Å². The maximum absolute atomic E-state index is 12.6. The zero-order valence-corrected chi connectivity index (χ0v) is 11.1. The van der Waals surface area contributed by atoms with E-state index in [1.165, 1.54) is 0 Å². The molecular weight excluding hydrogens is 238 g/mol. The second-order valence-corrected chi connectivity index (χ2v) is 4.99. The van der Waals surface area contributed by atoms with E-state index < -0.39 is 0 Å². The van der Waals surface area contributed by atoms with Crippen molar-refractivity contribution in [1.82, 2.24) is 9.66 Å². The molecule has 4 nitrogen and oxygen atoms in total. The molecule has 1 fully saturated rings. The molecule has 19 heavy (non-hydrogen) atoms. The summed E-state index contributed by atoms with van der Waals surface area (Å²) in [7, 11) is 0. The minimum Gasteiger partial charge on any atom is -0.285 e. The Morgan fingerprint density at radius 1 is 1.47 bits per heavy atom. The molecule has 2 heterocycles. The van der Waals surface area contributed by atoms with E-state index in [9.17, 15) is 4.79 Å². The molecule has 0 bridgehead atoms. The standard InChI is InChI=1S/C15H15N3O/c1-4-13-16-12-9-7-6-8-11(12)14(19)18(13)17-10-15(17,3)5-2/h2,6-9H,4,10H2,1,3H3/t15-,17?/m0/s1. The van der Waals surface area contributed by atoms with Gasteiger partial charge in [-0.3, -0.25) is 9.80 Å². The molecule has 3 rings (SSSR count). The van der Waals surface area contributed by atoms with E-state index >= 15 is 0 Å². The highest BCUT2D eigenvalue weighted by Crippen LogP contribution is 2.28. The first-order chi connectivity index (χ1) is 9.10. The van der Waals surface area contributed by atoms with Crippen LogP contribution in [0.4, 0.5) is 0 Å². The molecule has 0 radical (unpaired) electrons. The number of aromatic nitrogens is 2. The number of fused-ring (bicyclic) bond motifs is 1. The average Bonchev–Trinajstić information content (AvgIpc) is 3.11. The molecular formula is C15H15N3O. The summed E-state index contributed by atoms with van der Waals surface area (Å²) in [5.74, 6) is 3.48. The van der Waals surface area contributed by atoms with E-state index in [-0.39, 0.29) is 11.1 Å². The van der Waals surface area contributed by atoms with Crippen molar-refractivity contribution >= 4 is 10.9 Å². The molecule has 0 aliphatic carbocycles. The summed E-state index contributed by atoms with van der Waals surface area (Å²) in [6.07, 6.45) is 6.21. The summed E-state index contributed by atoms with van der Waals surface area (Å²) in [5, 5.41) is 2.53. The second-order valence-electron chi connectivity index (χ2n) is 4.99. The van der Waals surface area contributed by atoms with E-state index in [1.54, 1.807) is 10.7 Å². The summed E-state index contributed by atoms with van der Waals surface area (Å²) >= 11 is 0. The van der Waals surface area contributed by atoms with Crippen LogP contribution in [0.2, 0.25) is 0 Å². The van der Waals surface area contributed by atoms with Crippen LogP contribution in [0.15, 0.2) is 29.1 Å². The minimum atomic E-state index is -0.363. The van der Waals surface area contributed by atoms with Crippen LogP contribution in [0.1, 0.15) is 19.7 Å². The summed E-state index contributed by atoms with van der Waals surface area (Å²) in [6, 6.07) is 7.41. The van der Waals surface area contributed by atoms with Gasteiger partial charge in [-0.25, -0.2) is 9.66 Å². The van der Waals surface area contributed by atoms with Gasteiger partial charge in [0, 0.05) is 6.42 Å². The molecule has 0 unspecified atom stereocenters. The number of hydrogen-bond donors (Lipinski definition) is 0. The molecule has 0 amide bonds. The number of rotatable bonds is 2. The van der Waals surface area contributed by atoms with Crippen molar-refractivity contribution in [2.24, 2.45) is 0 Å². The fraction of sp³-hybridized carbons (Fsp3) is 0.333. The molecule has 1 aliphatic rings. The van der Waals surface area contributed by atoms with Gasteiger partial charge in [-0.05, 0) is 19.1 Å². The first-order valence-corrected chi connectivity index (χ1v) is 6.37. The van der Waals surface area contributed by atoms with Crippen LogP contribution in [-0.4, -0.2) is 21.7 Å². The number of nitrogens with zero attached hydrogens (tertiary/aromatic N) is 3. The number of hydrogen-bond acceptors (Lipinski definition) is 3. The minimum absolute atomic E-state index is 0.0403. The van der Waals surface area contributed by atoms with Gasteiger partial charge in [0.2, 0.25) is 0 Å². The van der Waals surface area contributed by atoms with Crippen molar-refractivity contribution in [2.45, 2.75) is 25.8 Å². The van der Waals surface area contributed by atoms with Gasteiger partial charge >= 0.3 is 0 Å². The van der Waals surface area contributed by atoms with Crippen LogP contribution in [0, 0.1) is 12.3 Å². The Balaban J connectivity index is 2.28. The maximum atomic E-state index is 12.6. The Morgan fingerprint density at radius 2 is 2.21 bits per heavy atom. The third-order valence-corrected chi connectivity index (χ3v) is 3.61. The van der Waals surface area contributed by atoms with Crippen molar-refractivity contribution in [3.63, 3.8) is 0 Å². The third-order valence-electron chi connectivity index (χ3n) is 3.61. The van der Waals surface area contributed by atoms with E-state index in [1.807, 2.05) is 37.1 Å². The van der Waals surface area contributed by atoms with Crippen molar-refractivity contribution in [2.75, 3.05) is 11.6 Å². The summed E-state index contributed by atoms with van der Waals surface area (Å²) < 4.78 is 1.64. The van der Waals surface area contributed by atoms with Crippen molar-refractivity contribution in [3.05, 3.63) is 40.4 Å². The van der Waals surface area contributed by atoms with Crippen LogP contribution in [0.5, 0.6) is 0 Å². The molecule has 0 saturated carbocycles. The maximum Gasteiger partial charge on any atom is 0.280 e. The SMILES string of the molecule is C#C[C@@]1(C)CN1n1c(CC)nc2ccccc2c1=O. The zero-order valence-electron chi connectivity index (χ0n) is 11.1. The second kappa shape index (κ2) is 3.86. The molecule has 1 saturated heterocycles.